The van der Waals surface area contributed by atoms with Gasteiger partial charge in [-0.05, 0) is 42.7 Å². The largest absolute Gasteiger partial charge is 0.484 e. The van der Waals surface area contributed by atoms with Gasteiger partial charge in [-0.25, -0.2) is 4.98 Å². The van der Waals surface area contributed by atoms with Crippen molar-refractivity contribution in [2.45, 2.75) is 31.5 Å². The van der Waals surface area contributed by atoms with Gasteiger partial charge in [0.25, 0.3) is 5.91 Å². The number of hydrogen-bond donors (Lipinski definition) is 1. The summed E-state index contributed by atoms with van der Waals surface area (Å²) in [4.78, 5) is 17.1. The molecule has 1 aliphatic carbocycles. The molecule has 1 N–H and O–H groups in total. The molecule has 3 aromatic rings. The van der Waals surface area contributed by atoms with Gasteiger partial charge in [0.15, 0.2) is 12.3 Å². The van der Waals surface area contributed by atoms with Crippen LogP contribution in [-0.4, -0.2) is 23.7 Å². The van der Waals surface area contributed by atoms with Gasteiger partial charge in [0, 0.05) is 18.0 Å². The lowest BCUT2D eigenvalue weighted by atomic mass is 10.2. The first-order valence-corrected chi connectivity index (χ1v) is 9.52. The van der Waals surface area contributed by atoms with Gasteiger partial charge in [0.05, 0.1) is 0 Å². The number of carbonyl (C=O) groups excluding carboxylic acids is 1. The minimum absolute atomic E-state index is 0.0885. The Hall–Kier alpha value is -3.29. The summed E-state index contributed by atoms with van der Waals surface area (Å²) in [5.74, 6) is 0.864. The van der Waals surface area contributed by atoms with Gasteiger partial charge >= 0.3 is 6.18 Å². The third kappa shape index (κ3) is 5.00. The van der Waals surface area contributed by atoms with E-state index in [-0.39, 0.29) is 29.8 Å². The lowest BCUT2D eigenvalue weighted by Crippen LogP contribution is -2.24. The highest BCUT2D eigenvalue weighted by molar-refractivity contribution is 5.94. The van der Waals surface area contributed by atoms with Crippen LogP contribution in [0.2, 0.25) is 0 Å². The summed E-state index contributed by atoms with van der Waals surface area (Å²) in [6.07, 6.45) is -2.52. The van der Waals surface area contributed by atoms with Crippen molar-refractivity contribution >= 4 is 5.91 Å². The second kappa shape index (κ2) is 8.22. The van der Waals surface area contributed by atoms with E-state index in [1.165, 1.54) is 12.1 Å². The molecule has 30 heavy (non-hydrogen) atoms. The number of ether oxygens (including phenoxy) is 1. The fraction of sp³-hybridized carbons (Fsp3) is 0.273. The average Bonchev–Trinajstić information content (AvgIpc) is 3.49. The quantitative estimate of drug-likeness (QED) is 0.583. The molecule has 0 radical (unpaired) electrons. The number of halogens is 3. The van der Waals surface area contributed by atoms with E-state index in [4.69, 9.17) is 9.15 Å². The number of alkyl halides is 3. The second-order valence-electron chi connectivity index (χ2n) is 7.11. The van der Waals surface area contributed by atoms with Gasteiger partial charge < -0.3 is 14.5 Å². The first kappa shape index (κ1) is 20.0. The number of hydrogen-bond acceptors (Lipinski definition) is 4. The second-order valence-corrected chi connectivity index (χ2v) is 7.11. The smallest absolute Gasteiger partial charge is 0.422 e. The van der Waals surface area contributed by atoms with Gasteiger partial charge in [0.1, 0.15) is 11.5 Å². The minimum atomic E-state index is -4.41. The van der Waals surface area contributed by atoms with Crippen molar-refractivity contribution in [1.29, 1.82) is 0 Å². The molecule has 2 aromatic carbocycles. The van der Waals surface area contributed by atoms with E-state index >= 15 is 0 Å². The Balaban J connectivity index is 1.45. The zero-order valence-electron chi connectivity index (χ0n) is 15.9. The summed E-state index contributed by atoms with van der Waals surface area (Å²) in [6, 6.07) is 15.5. The molecule has 1 heterocycles. The van der Waals surface area contributed by atoms with Crippen LogP contribution in [0.5, 0.6) is 5.75 Å². The highest BCUT2D eigenvalue weighted by Gasteiger charge is 2.34. The molecule has 0 atom stereocenters. The number of benzene rings is 2. The SMILES string of the molecule is O=C(NCc1cccc(OCC(F)(F)F)c1)c1nc(-c2ccccc2)oc1C1CC1. The van der Waals surface area contributed by atoms with Crippen molar-refractivity contribution in [1.82, 2.24) is 10.3 Å². The molecule has 0 spiro atoms. The van der Waals surface area contributed by atoms with Crippen molar-refractivity contribution < 1.29 is 27.1 Å². The highest BCUT2D eigenvalue weighted by atomic mass is 19.4. The average molecular weight is 416 g/mol. The van der Waals surface area contributed by atoms with Crippen molar-refractivity contribution in [3.05, 3.63) is 71.6 Å². The first-order valence-electron chi connectivity index (χ1n) is 9.52. The van der Waals surface area contributed by atoms with E-state index in [2.05, 4.69) is 10.3 Å². The summed E-state index contributed by atoms with van der Waals surface area (Å²) < 4.78 is 47.6. The first-order chi connectivity index (χ1) is 14.4. The molecule has 1 amide bonds. The molecule has 0 aliphatic heterocycles. The van der Waals surface area contributed by atoms with Gasteiger partial charge in [-0.1, -0.05) is 30.3 Å². The lowest BCUT2D eigenvalue weighted by Gasteiger charge is -2.10. The standard InChI is InChI=1S/C22H19F3N2O3/c23-22(24,25)13-29-17-8-4-5-14(11-17)12-26-20(28)18-19(15-9-10-15)30-21(27-18)16-6-2-1-3-7-16/h1-8,11,15H,9-10,12-13H2,(H,26,28). The maximum atomic E-state index is 12.7. The third-order valence-corrected chi connectivity index (χ3v) is 4.59. The van der Waals surface area contributed by atoms with Crippen molar-refractivity contribution in [3.63, 3.8) is 0 Å². The Morgan fingerprint density at radius 1 is 1.13 bits per heavy atom. The molecule has 1 aliphatic rings. The van der Waals surface area contributed by atoms with Crippen LogP contribution in [0.3, 0.4) is 0 Å². The van der Waals surface area contributed by atoms with Gasteiger partial charge in [-0.2, -0.15) is 13.2 Å². The fourth-order valence-electron chi connectivity index (χ4n) is 3.00. The van der Waals surface area contributed by atoms with Crippen molar-refractivity contribution in [3.8, 4) is 17.2 Å². The van der Waals surface area contributed by atoms with Crippen molar-refractivity contribution in [2.75, 3.05) is 6.61 Å². The molecule has 1 aromatic heterocycles. The van der Waals surface area contributed by atoms with Crippen molar-refractivity contribution in [2.24, 2.45) is 0 Å². The maximum absolute atomic E-state index is 12.7. The maximum Gasteiger partial charge on any atom is 0.422 e. The van der Waals surface area contributed by atoms with Crippen LogP contribution in [0, 0.1) is 0 Å². The molecule has 0 bridgehead atoms. The normalized spacial score (nSPS) is 13.8. The summed E-state index contributed by atoms with van der Waals surface area (Å²) >= 11 is 0. The molecule has 1 saturated carbocycles. The molecular formula is C22H19F3N2O3. The lowest BCUT2D eigenvalue weighted by molar-refractivity contribution is -0.153. The number of carbonyl (C=O) groups is 1. The number of nitrogens with zero attached hydrogens (tertiary/aromatic N) is 1. The zero-order valence-corrected chi connectivity index (χ0v) is 15.9. The van der Waals surface area contributed by atoms with Gasteiger partial charge in [-0.15, -0.1) is 0 Å². The number of aromatic nitrogens is 1. The van der Waals surface area contributed by atoms with E-state index in [0.717, 1.165) is 18.4 Å². The fourth-order valence-corrected chi connectivity index (χ4v) is 3.00. The summed E-state index contributed by atoms with van der Waals surface area (Å²) in [7, 11) is 0. The molecule has 8 heteroatoms. The molecule has 4 rings (SSSR count). The molecule has 1 fully saturated rings. The van der Waals surface area contributed by atoms with E-state index in [9.17, 15) is 18.0 Å². The van der Waals surface area contributed by atoms with E-state index in [1.54, 1.807) is 12.1 Å². The van der Waals surface area contributed by atoms with E-state index in [0.29, 0.717) is 17.2 Å². The molecule has 0 unspecified atom stereocenters. The minimum Gasteiger partial charge on any atom is -0.484 e. The van der Waals surface area contributed by atoms with Crippen LogP contribution in [0.4, 0.5) is 13.2 Å². The highest BCUT2D eigenvalue weighted by Crippen LogP contribution is 2.43. The predicted molar refractivity (Wildman–Crippen MR) is 103 cm³/mol. The van der Waals surface area contributed by atoms with E-state index in [1.807, 2.05) is 30.3 Å². The Morgan fingerprint density at radius 2 is 1.90 bits per heavy atom. The Bertz CT molecular complexity index is 1030. The van der Waals surface area contributed by atoms with Crippen LogP contribution in [0.1, 0.15) is 40.6 Å². The number of amides is 1. The van der Waals surface area contributed by atoms with Gasteiger partial charge in [0.2, 0.25) is 5.89 Å². The Labute approximate surface area is 170 Å². The Morgan fingerprint density at radius 3 is 2.60 bits per heavy atom. The number of oxazole rings is 1. The molecular weight excluding hydrogens is 397 g/mol. The topological polar surface area (TPSA) is 64.4 Å². The zero-order chi connectivity index (χ0) is 21.1. The Kier molecular flexibility index (Phi) is 5.48. The summed E-state index contributed by atoms with van der Waals surface area (Å²) in [5.41, 5.74) is 1.65. The number of rotatable bonds is 7. The molecule has 0 saturated heterocycles. The van der Waals surface area contributed by atoms with Crippen LogP contribution in [-0.2, 0) is 6.54 Å². The van der Waals surface area contributed by atoms with Crippen LogP contribution in [0.15, 0.2) is 59.0 Å². The third-order valence-electron chi connectivity index (χ3n) is 4.59. The van der Waals surface area contributed by atoms with Crippen LogP contribution >= 0.6 is 0 Å². The summed E-state index contributed by atoms with van der Waals surface area (Å²) in [5, 5.41) is 2.76. The number of nitrogens with one attached hydrogen (secondary N) is 1. The van der Waals surface area contributed by atoms with Gasteiger partial charge in [-0.3, -0.25) is 4.79 Å². The summed E-state index contributed by atoms with van der Waals surface area (Å²) in [6.45, 7) is -1.24. The molecule has 5 nitrogen and oxygen atoms in total. The molecule has 156 valence electrons. The monoisotopic (exact) mass is 416 g/mol. The predicted octanol–water partition coefficient (Wildman–Crippen LogP) is 5.09. The van der Waals surface area contributed by atoms with Crippen LogP contribution in [0.25, 0.3) is 11.5 Å². The van der Waals surface area contributed by atoms with E-state index < -0.39 is 12.8 Å². The van der Waals surface area contributed by atoms with Crippen LogP contribution < -0.4 is 10.1 Å².